The van der Waals surface area contributed by atoms with E-state index in [2.05, 4.69) is 20.6 Å². The lowest BCUT2D eigenvalue weighted by molar-refractivity contribution is -0.404. The molecular formula is C20H27Cl2FN6O4. The van der Waals surface area contributed by atoms with Crippen molar-refractivity contribution in [2.75, 3.05) is 14.1 Å². The van der Waals surface area contributed by atoms with E-state index >= 15 is 0 Å². The minimum atomic E-state index is -1.62. The van der Waals surface area contributed by atoms with E-state index in [1.54, 1.807) is 25.4 Å². The van der Waals surface area contributed by atoms with Crippen LogP contribution in [0.25, 0.3) is 0 Å². The van der Waals surface area contributed by atoms with E-state index in [0.29, 0.717) is 23.5 Å². The predicted octanol–water partition coefficient (Wildman–Crippen LogP) is 4.97. The van der Waals surface area contributed by atoms with Gasteiger partial charge in [0, 0.05) is 38.5 Å². The van der Waals surface area contributed by atoms with Gasteiger partial charge < -0.3 is 10.6 Å². The molecule has 0 aliphatic carbocycles. The maximum atomic E-state index is 13.8. The number of hydrogen-bond donors (Lipinski definition) is 2. The average Bonchev–Trinajstić information content (AvgIpc) is 2.73. The molecule has 2 rings (SSSR count). The van der Waals surface area contributed by atoms with Crippen molar-refractivity contribution in [1.29, 1.82) is 0 Å². The summed E-state index contributed by atoms with van der Waals surface area (Å²) in [5.41, 5.74) is 1.44. The summed E-state index contributed by atoms with van der Waals surface area (Å²) < 4.78 is 13.8. The number of halogens is 3. The van der Waals surface area contributed by atoms with E-state index in [9.17, 15) is 24.6 Å². The molecule has 2 aromatic rings. The quantitative estimate of drug-likeness (QED) is 0.292. The fourth-order valence-electron chi connectivity index (χ4n) is 2.14. The van der Waals surface area contributed by atoms with Crippen molar-refractivity contribution in [3.63, 3.8) is 0 Å². The van der Waals surface area contributed by atoms with Gasteiger partial charge in [-0.3, -0.25) is 20.2 Å². The van der Waals surface area contributed by atoms with Crippen molar-refractivity contribution in [2.45, 2.75) is 27.4 Å². The Bertz CT molecular complexity index is 941. The molecule has 0 saturated carbocycles. The highest BCUT2D eigenvalue weighted by Crippen LogP contribution is 2.24. The molecule has 10 nitrogen and oxygen atoms in total. The number of nitrogens with one attached hydrogen (secondary N) is 2. The average molecular weight is 505 g/mol. The molecule has 0 fully saturated rings. The summed E-state index contributed by atoms with van der Waals surface area (Å²) in [6.45, 7) is 0. The van der Waals surface area contributed by atoms with Crippen molar-refractivity contribution in [3.05, 3.63) is 102 Å². The fourth-order valence-corrected chi connectivity index (χ4v) is 2.37. The number of nitro groups is 2. The molecule has 33 heavy (non-hydrogen) atoms. The molecule has 2 aromatic heterocycles. The van der Waals surface area contributed by atoms with Gasteiger partial charge in [0.1, 0.15) is 16.0 Å². The Balaban J connectivity index is 0. The lowest BCUT2D eigenvalue weighted by Gasteiger charge is -2.09. The first-order chi connectivity index (χ1) is 14.7. The lowest BCUT2D eigenvalue weighted by atomic mass is 10.1. The molecule has 0 saturated heterocycles. The minimum absolute atomic E-state index is 0. The van der Waals surface area contributed by atoms with Crippen LogP contribution in [-0.2, 0) is 6.42 Å². The Morgan fingerprint density at radius 2 is 1.55 bits per heavy atom. The molecule has 0 amide bonds. The first kappa shape index (κ1) is 31.9. The molecule has 0 spiro atoms. The molecule has 0 radical (unpaired) electrons. The summed E-state index contributed by atoms with van der Waals surface area (Å²) in [7, 11) is 3.05. The highest BCUT2D eigenvalue weighted by atomic mass is 35.5. The molecular weight excluding hydrogens is 478 g/mol. The van der Waals surface area contributed by atoms with Crippen molar-refractivity contribution in [2.24, 2.45) is 0 Å². The standard InChI is InChI=1S/C9H9ClFN3O2.C9H10ClN3O2.2CH4/c1-12-7(5-14(15)16)9(11)6-2-3-8(10)13-4-6;1-11-8(6-13(14)15)4-7-2-3-9(10)12-5-7;;/h2-5,9,12H,1H3;2-3,5-6,11H,4H2,1H3;2*1H4/b7-5-;8-6-;;. The minimum Gasteiger partial charge on any atom is -0.386 e. The van der Waals surface area contributed by atoms with Crippen LogP contribution in [0.4, 0.5) is 4.39 Å². The SMILES string of the molecule is C.C.CN/C(=C\[N+](=O)[O-])C(F)c1ccc(Cl)nc1.CN/C(=C\[N+](=O)[O-])Cc1ccc(Cl)nc1. The number of aromatic nitrogens is 2. The molecule has 0 aliphatic heterocycles. The molecule has 1 atom stereocenters. The number of rotatable bonds is 8. The van der Waals surface area contributed by atoms with Crippen LogP contribution in [0.5, 0.6) is 0 Å². The number of alkyl halides is 1. The van der Waals surface area contributed by atoms with Gasteiger partial charge in [-0.05, 0) is 17.7 Å². The maximum absolute atomic E-state index is 13.8. The third kappa shape index (κ3) is 12.3. The number of likely N-dealkylation sites (N-methyl/N-ethyl adjacent to an activating group) is 2. The monoisotopic (exact) mass is 504 g/mol. The molecule has 182 valence electrons. The van der Waals surface area contributed by atoms with Gasteiger partial charge in [-0.25, -0.2) is 14.4 Å². The van der Waals surface area contributed by atoms with Crippen LogP contribution in [0.2, 0.25) is 10.3 Å². The molecule has 1 unspecified atom stereocenters. The van der Waals surface area contributed by atoms with Gasteiger partial charge >= 0.3 is 0 Å². The Morgan fingerprint density at radius 3 is 1.94 bits per heavy atom. The van der Waals surface area contributed by atoms with Crippen LogP contribution in [0.3, 0.4) is 0 Å². The van der Waals surface area contributed by atoms with Crippen molar-refractivity contribution >= 4 is 23.2 Å². The van der Waals surface area contributed by atoms with E-state index in [-0.39, 0.29) is 31.3 Å². The summed E-state index contributed by atoms with van der Waals surface area (Å²) in [5.74, 6) is 0. The largest absolute Gasteiger partial charge is 0.386 e. The van der Waals surface area contributed by atoms with Crippen molar-refractivity contribution < 1.29 is 14.2 Å². The lowest BCUT2D eigenvalue weighted by Crippen LogP contribution is -2.13. The van der Waals surface area contributed by atoms with E-state index in [0.717, 1.165) is 11.8 Å². The zero-order chi connectivity index (χ0) is 23.4. The first-order valence-electron chi connectivity index (χ1n) is 8.57. The highest BCUT2D eigenvalue weighted by molar-refractivity contribution is 6.29. The zero-order valence-corrected chi connectivity index (χ0v) is 18.0. The van der Waals surface area contributed by atoms with Gasteiger partial charge in [0.15, 0.2) is 6.17 Å². The van der Waals surface area contributed by atoms with Gasteiger partial charge in [-0.15, -0.1) is 0 Å². The van der Waals surface area contributed by atoms with E-state index in [4.69, 9.17) is 23.2 Å². The second-order valence-corrected chi connectivity index (χ2v) is 6.53. The Hall–Kier alpha value is -3.31. The van der Waals surface area contributed by atoms with Crippen LogP contribution >= 0.6 is 23.2 Å². The normalized spacial score (nSPS) is 11.5. The highest BCUT2D eigenvalue weighted by Gasteiger charge is 2.18. The predicted molar refractivity (Wildman–Crippen MR) is 128 cm³/mol. The fraction of sp³-hybridized carbons (Fsp3) is 0.300. The number of allylic oxidation sites excluding steroid dienone is 2. The molecule has 0 aromatic carbocycles. The molecule has 0 aliphatic rings. The van der Waals surface area contributed by atoms with Gasteiger partial charge in [0.05, 0.1) is 15.5 Å². The zero-order valence-electron chi connectivity index (χ0n) is 16.5. The van der Waals surface area contributed by atoms with E-state index in [1.165, 1.54) is 25.4 Å². The number of hydrogen-bond acceptors (Lipinski definition) is 8. The second kappa shape index (κ2) is 16.3. The van der Waals surface area contributed by atoms with Crippen molar-refractivity contribution in [1.82, 2.24) is 20.6 Å². The van der Waals surface area contributed by atoms with Gasteiger partial charge in [0.2, 0.25) is 0 Å². The molecule has 13 heteroatoms. The van der Waals surface area contributed by atoms with Crippen LogP contribution in [0.1, 0.15) is 32.2 Å². The van der Waals surface area contributed by atoms with Crippen molar-refractivity contribution in [3.8, 4) is 0 Å². The topological polar surface area (TPSA) is 136 Å². The van der Waals surface area contributed by atoms with Gasteiger partial charge in [-0.2, -0.15) is 0 Å². The molecule has 0 bridgehead atoms. The maximum Gasteiger partial charge on any atom is 0.256 e. The second-order valence-electron chi connectivity index (χ2n) is 5.75. The summed E-state index contributed by atoms with van der Waals surface area (Å²) in [6, 6.07) is 6.27. The summed E-state index contributed by atoms with van der Waals surface area (Å²) >= 11 is 11.2. The van der Waals surface area contributed by atoms with Gasteiger partial charge in [0.25, 0.3) is 12.4 Å². The van der Waals surface area contributed by atoms with Crippen LogP contribution in [0, 0.1) is 20.2 Å². The summed E-state index contributed by atoms with van der Waals surface area (Å²) in [6.07, 6.45) is 3.15. The third-order valence-corrected chi connectivity index (χ3v) is 4.06. The van der Waals surface area contributed by atoms with Gasteiger partial charge in [-0.1, -0.05) is 50.2 Å². The Kier molecular flexibility index (Phi) is 15.8. The molecule has 2 heterocycles. The van der Waals surface area contributed by atoms with Crippen LogP contribution in [-0.4, -0.2) is 33.9 Å². The van der Waals surface area contributed by atoms with Crippen LogP contribution < -0.4 is 10.6 Å². The Morgan fingerprint density at radius 1 is 1.00 bits per heavy atom. The first-order valence-corrected chi connectivity index (χ1v) is 9.32. The Labute approximate surface area is 201 Å². The number of nitrogens with zero attached hydrogens (tertiary/aromatic N) is 4. The smallest absolute Gasteiger partial charge is 0.256 e. The van der Waals surface area contributed by atoms with E-state index in [1.807, 2.05) is 0 Å². The summed E-state index contributed by atoms with van der Waals surface area (Å²) in [4.78, 5) is 26.9. The van der Waals surface area contributed by atoms with E-state index < -0.39 is 16.0 Å². The summed E-state index contributed by atoms with van der Waals surface area (Å²) in [5, 5.41) is 26.3. The molecule has 2 N–H and O–H groups in total. The van der Waals surface area contributed by atoms with Crippen LogP contribution in [0.15, 0.2) is 60.5 Å². The third-order valence-electron chi connectivity index (χ3n) is 3.61. The number of pyridine rings is 2.